The van der Waals surface area contributed by atoms with Crippen molar-refractivity contribution in [3.8, 4) is 17.3 Å². The van der Waals surface area contributed by atoms with Crippen LogP contribution in [0.5, 0.6) is 5.75 Å². The number of amides is 1. The fourth-order valence-electron chi connectivity index (χ4n) is 7.11. The van der Waals surface area contributed by atoms with E-state index in [9.17, 15) is 19.8 Å². The van der Waals surface area contributed by atoms with Crippen molar-refractivity contribution in [3.63, 3.8) is 0 Å². The second kappa shape index (κ2) is 11.1. The number of ketones is 1. The van der Waals surface area contributed by atoms with Crippen molar-refractivity contribution in [2.24, 2.45) is 11.8 Å². The Labute approximate surface area is 266 Å². The van der Waals surface area contributed by atoms with E-state index in [1.807, 2.05) is 56.3 Å². The molecule has 7 rings (SSSR count). The van der Waals surface area contributed by atoms with Crippen LogP contribution in [0.2, 0.25) is 0 Å². The van der Waals surface area contributed by atoms with Gasteiger partial charge in [0.2, 0.25) is 17.7 Å². The van der Waals surface area contributed by atoms with Crippen LogP contribution in [0.3, 0.4) is 0 Å². The van der Waals surface area contributed by atoms with E-state index in [4.69, 9.17) is 18.6 Å². The van der Waals surface area contributed by atoms with E-state index in [0.717, 1.165) is 22.4 Å². The predicted molar refractivity (Wildman–Crippen MR) is 167 cm³/mol. The fraction of sp³-hybridized carbons (Fsp3) is 0.429. The van der Waals surface area contributed by atoms with Gasteiger partial charge in [-0.05, 0) is 48.4 Å². The largest absolute Gasteiger partial charge is 0.469 e. The number of ether oxygens (including phenoxy) is 1. The number of Topliss-reactive ketones (excluding diaryl/α,β-unsaturated/α-hetero) is 1. The highest BCUT2D eigenvalue weighted by molar-refractivity contribution is 5.92. The highest BCUT2D eigenvalue weighted by Gasteiger charge is 2.61. The van der Waals surface area contributed by atoms with Crippen molar-refractivity contribution in [1.82, 2.24) is 15.3 Å². The minimum Gasteiger partial charge on any atom is -0.469 e. The van der Waals surface area contributed by atoms with E-state index in [0.29, 0.717) is 22.9 Å². The second-order valence-corrected chi connectivity index (χ2v) is 12.9. The average molecular weight is 627 g/mol. The van der Waals surface area contributed by atoms with Gasteiger partial charge in [0.15, 0.2) is 23.5 Å². The Balaban J connectivity index is 1.47. The Hall–Kier alpha value is -4.48. The number of nitrogens with zero attached hydrogens (tertiary/aromatic N) is 2. The molecule has 0 radical (unpaired) electrons. The Morgan fingerprint density at radius 3 is 2.61 bits per heavy atom. The van der Waals surface area contributed by atoms with E-state index in [1.165, 1.54) is 6.26 Å². The second-order valence-electron chi connectivity index (χ2n) is 12.9. The van der Waals surface area contributed by atoms with E-state index in [1.54, 1.807) is 13.8 Å². The lowest BCUT2D eigenvalue weighted by Gasteiger charge is -2.29. The topological polar surface area (TPSA) is 160 Å². The van der Waals surface area contributed by atoms with Crippen LogP contribution in [-0.4, -0.2) is 43.7 Å². The summed E-state index contributed by atoms with van der Waals surface area (Å²) in [5, 5.41) is 27.5. The van der Waals surface area contributed by atoms with Crippen molar-refractivity contribution in [2.75, 3.05) is 5.32 Å². The van der Waals surface area contributed by atoms with Gasteiger partial charge in [-0.1, -0.05) is 58.0 Å². The first-order valence-corrected chi connectivity index (χ1v) is 15.9. The summed E-state index contributed by atoms with van der Waals surface area (Å²) in [6.07, 6.45) is 1.46. The van der Waals surface area contributed by atoms with Gasteiger partial charge in [0.1, 0.15) is 34.8 Å². The zero-order valence-electron chi connectivity index (χ0n) is 26.3. The highest BCUT2D eigenvalue weighted by atomic mass is 16.5. The molecular weight excluding hydrogens is 588 g/mol. The predicted octanol–water partition coefficient (Wildman–Crippen LogP) is 4.80. The third kappa shape index (κ3) is 4.47. The molecule has 5 heterocycles. The monoisotopic (exact) mass is 626 g/mol. The number of carbonyl (C=O) groups excluding carboxylic acids is 2. The lowest BCUT2D eigenvalue weighted by molar-refractivity contribution is -0.141. The molecule has 1 amide bonds. The molecule has 2 aromatic heterocycles. The van der Waals surface area contributed by atoms with Crippen molar-refractivity contribution in [2.45, 2.75) is 83.3 Å². The molecule has 4 atom stereocenters. The van der Waals surface area contributed by atoms with Gasteiger partial charge < -0.3 is 34.4 Å². The van der Waals surface area contributed by atoms with Gasteiger partial charge in [0.25, 0.3) is 0 Å². The molecule has 0 fully saturated rings. The smallest absolute Gasteiger partial charge is 0.249 e. The molecule has 1 unspecified atom stereocenters. The summed E-state index contributed by atoms with van der Waals surface area (Å²) in [7, 11) is 0. The van der Waals surface area contributed by atoms with E-state index in [-0.39, 0.29) is 61.7 Å². The summed E-state index contributed by atoms with van der Waals surface area (Å²) >= 11 is 0. The van der Waals surface area contributed by atoms with Crippen LogP contribution < -0.4 is 15.4 Å². The van der Waals surface area contributed by atoms with Crippen LogP contribution in [0.4, 0.5) is 5.69 Å². The quantitative estimate of drug-likeness (QED) is 0.214. The molecule has 3 aliphatic rings. The molecule has 1 spiro atoms. The molecule has 0 saturated heterocycles. The molecule has 0 saturated carbocycles. The van der Waals surface area contributed by atoms with Gasteiger partial charge in [-0.25, -0.2) is 9.97 Å². The normalized spacial score (nSPS) is 23.1. The maximum absolute atomic E-state index is 14.1. The Morgan fingerprint density at radius 2 is 1.89 bits per heavy atom. The lowest BCUT2D eigenvalue weighted by Crippen LogP contribution is -2.43. The number of aliphatic hydroxyl groups is 2. The van der Waals surface area contributed by atoms with Crippen LogP contribution in [-0.2, 0) is 28.0 Å². The van der Waals surface area contributed by atoms with Crippen LogP contribution in [0, 0.1) is 11.8 Å². The third-order valence-electron chi connectivity index (χ3n) is 9.87. The van der Waals surface area contributed by atoms with Gasteiger partial charge in [-0.15, -0.1) is 0 Å². The maximum Gasteiger partial charge on any atom is 0.249 e. The van der Waals surface area contributed by atoms with E-state index in [2.05, 4.69) is 15.6 Å². The third-order valence-corrected chi connectivity index (χ3v) is 9.87. The first kappa shape index (κ1) is 30.2. The van der Waals surface area contributed by atoms with Crippen molar-refractivity contribution in [3.05, 3.63) is 82.8 Å². The SMILES string of the molecule is CCC(O)(CC)C(=O)C[C@H]1Cc2ccc3c(c2)C2(c4ccccc4N[C@H]2O3)c2oc(nc2-c2nc(CO)co2)[C@H](C(C)C)NC1=O. The number of hydrogen-bond acceptors (Lipinski definition) is 10. The Morgan fingerprint density at radius 1 is 1.11 bits per heavy atom. The van der Waals surface area contributed by atoms with Gasteiger partial charge >= 0.3 is 0 Å². The number of aromatic nitrogens is 2. The molecule has 3 aliphatic heterocycles. The van der Waals surface area contributed by atoms with E-state index >= 15 is 0 Å². The molecule has 240 valence electrons. The van der Waals surface area contributed by atoms with Crippen LogP contribution >= 0.6 is 0 Å². The molecule has 4 N–H and O–H groups in total. The summed E-state index contributed by atoms with van der Waals surface area (Å²) < 4.78 is 19.2. The van der Waals surface area contributed by atoms with Gasteiger partial charge in [0, 0.05) is 23.6 Å². The summed E-state index contributed by atoms with van der Waals surface area (Å²) in [5.41, 5.74) is 1.60. The number of carbonyl (C=O) groups is 2. The lowest BCUT2D eigenvalue weighted by atomic mass is 9.72. The van der Waals surface area contributed by atoms with Crippen LogP contribution in [0.1, 0.15) is 87.0 Å². The molecule has 0 aliphatic carbocycles. The number of rotatable bonds is 8. The molecular formula is C35H38N4O7. The summed E-state index contributed by atoms with van der Waals surface area (Å²) in [5.74, 6) is -0.0976. The minimum absolute atomic E-state index is 0.122. The molecule has 11 heteroatoms. The van der Waals surface area contributed by atoms with Crippen molar-refractivity contribution in [1.29, 1.82) is 0 Å². The summed E-state index contributed by atoms with van der Waals surface area (Å²) in [4.78, 5) is 37.0. The highest BCUT2D eigenvalue weighted by Crippen LogP contribution is 2.59. The molecule has 4 bridgehead atoms. The molecule has 4 aromatic rings. The standard InChI is InChI=1S/C35H38N4O7/c1-5-34(43,6-2)26(41)15-20-13-19-11-12-25-23(14-19)35(22-9-7-8-10-24(22)37-33(35)45-25)29-28(31-36-21(16-40)17-44-31)39-32(46-29)27(18(3)4)38-30(20)42/h7-12,14,17-18,20,27,33,37,40,43H,5-6,13,15-16H2,1-4H3,(H,38,42)/t20-,27+,33+,35?/m1/s1. The Kier molecular flexibility index (Phi) is 7.28. The van der Waals surface area contributed by atoms with Crippen molar-refractivity contribution < 1.29 is 33.4 Å². The summed E-state index contributed by atoms with van der Waals surface area (Å²) in [6, 6.07) is 13.1. The zero-order chi connectivity index (χ0) is 32.4. The summed E-state index contributed by atoms with van der Waals surface area (Å²) in [6.45, 7) is 7.14. The zero-order valence-corrected chi connectivity index (χ0v) is 26.3. The fourth-order valence-corrected chi connectivity index (χ4v) is 7.11. The van der Waals surface area contributed by atoms with Crippen LogP contribution in [0.25, 0.3) is 11.6 Å². The van der Waals surface area contributed by atoms with Gasteiger partial charge in [-0.3, -0.25) is 9.59 Å². The minimum atomic E-state index is -1.50. The van der Waals surface area contributed by atoms with Gasteiger partial charge in [0.05, 0.1) is 6.61 Å². The average Bonchev–Trinajstić information content (AvgIpc) is 3.83. The maximum atomic E-state index is 14.1. The number of hydrogen-bond donors (Lipinski definition) is 4. The van der Waals surface area contributed by atoms with Crippen LogP contribution in [0.15, 0.2) is 57.6 Å². The molecule has 11 nitrogen and oxygen atoms in total. The number of nitrogens with one attached hydrogen (secondary N) is 2. The number of benzene rings is 2. The molecule has 2 aromatic carbocycles. The number of para-hydroxylation sites is 1. The number of anilines is 1. The number of aliphatic hydroxyl groups excluding tert-OH is 1. The number of fused-ring (bicyclic) bond motifs is 4. The first-order valence-electron chi connectivity index (χ1n) is 15.9. The van der Waals surface area contributed by atoms with Crippen molar-refractivity contribution >= 4 is 17.4 Å². The van der Waals surface area contributed by atoms with Gasteiger partial charge in [-0.2, -0.15) is 0 Å². The number of oxazole rings is 2. The molecule has 46 heavy (non-hydrogen) atoms. The Bertz CT molecular complexity index is 1820. The first-order chi connectivity index (χ1) is 22.1. The van der Waals surface area contributed by atoms with E-state index < -0.39 is 29.2 Å².